The minimum Gasteiger partial charge on any atom is -0.485 e. The molecule has 1 aliphatic carbocycles. The van der Waals surface area contributed by atoms with Crippen LogP contribution in [-0.4, -0.2) is 63.7 Å². The molecule has 1 N–H and O–H groups in total. The maximum absolute atomic E-state index is 13.8. The molecule has 9 heteroatoms. The summed E-state index contributed by atoms with van der Waals surface area (Å²) in [6, 6.07) is 8.41. The van der Waals surface area contributed by atoms with Crippen LogP contribution >= 0.6 is 11.3 Å². The molecule has 0 atom stereocenters. The number of benzene rings is 1. The van der Waals surface area contributed by atoms with Crippen molar-refractivity contribution in [2.75, 3.05) is 25.0 Å². The highest BCUT2D eigenvalue weighted by Crippen LogP contribution is 2.37. The van der Waals surface area contributed by atoms with Crippen LogP contribution in [0.1, 0.15) is 67.4 Å². The van der Waals surface area contributed by atoms with Gasteiger partial charge in [0.1, 0.15) is 21.8 Å². The molecule has 1 saturated carbocycles. The molecule has 2 aromatic rings. The summed E-state index contributed by atoms with van der Waals surface area (Å²) in [6.45, 7) is 9.51. The Kier molecular flexibility index (Phi) is 6.15. The topological polar surface area (TPSA) is 84.0 Å². The highest BCUT2D eigenvalue weighted by atomic mass is 32.1. The summed E-state index contributed by atoms with van der Waals surface area (Å²) in [5.74, 6) is 0.795. The summed E-state index contributed by atoms with van der Waals surface area (Å²) in [5, 5.41) is 4.23. The summed E-state index contributed by atoms with van der Waals surface area (Å²) in [4.78, 5) is 35.3. The number of aryl methyl sites for hydroxylation is 1. The molecule has 3 aliphatic rings. The average Bonchev–Trinajstić information content (AvgIpc) is 3.55. The van der Waals surface area contributed by atoms with E-state index >= 15 is 0 Å². The Labute approximate surface area is 210 Å². The van der Waals surface area contributed by atoms with Crippen LogP contribution in [0, 0.1) is 6.92 Å². The molecule has 3 heterocycles. The van der Waals surface area contributed by atoms with Crippen LogP contribution in [0.25, 0.3) is 0 Å². The number of fused-ring (bicyclic) bond motifs is 1. The minimum atomic E-state index is -0.561. The van der Waals surface area contributed by atoms with E-state index in [-0.39, 0.29) is 12.0 Å². The molecule has 2 fully saturated rings. The summed E-state index contributed by atoms with van der Waals surface area (Å²) in [7, 11) is 0. The number of hydrogen-bond acceptors (Lipinski definition) is 7. The zero-order valence-corrected chi connectivity index (χ0v) is 21.7. The predicted octanol–water partition coefficient (Wildman–Crippen LogP) is 4.83. The van der Waals surface area contributed by atoms with E-state index in [0.717, 1.165) is 35.0 Å². The molecule has 1 saturated heterocycles. The monoisotopic (exact) mass is 498 g/mol. The molecule has 188 valence electrons. The maximum Gasteiger partial charge on any atom is 0.410 e. The van der Waals surface area contributed by atoms with Crippen molar-refractivity contribution >= 4 is 28.5 Å². The number of carbonyl (C=O) groups excluding carboxylic acids is 2. The van der Waals surface area contributed by atoms with Gasteiger partial charge in [0.15, 0.2) is 5.13 Å². The third kappa shape index (κ3) is 5.39. The number of piperidine rings is 1. The Morgan fingerprint density at radius 1 is 1.17 bits per heavy atom. The molecule has 0 unspecified atom stereocenters. The Morgan fingerprint density at radius 2 is 1.89 bits per heavy atom. The zero-order valence-electron chi connectivity index (χ0n) is 20.9. The van der Waals surface area contributed by atoms with Crippen LogP contribution in [0.3, 0.4) is 0 Å². The summed E-state index contributed by atoms with van der Waals surface area (Å²) >= 11 is 1.44. The first-order valence-electron chi connectivity index (χ1n) is 12.4. The van der Waals surface area contributed by atoms with Gasteiger partial charge in [0.05, 0.1) is 12.2 Å². The number of aromatic nitrogens is 1. The lowest BCUT2D eigenvalue weighted by Crippen LogP contribution is -2.55. The van der Waals surface area contributed by atoms with E-state index < -0.39 is 11.2 Å². The number of amides is 2. The normalized spacial score (nSPS) is 19.5. The lowest BCUT2D eigenvalue weighted by molar-refractivity contribution is -0.0271. The molecule has 1 aromatic carbocycles. The fourth-order valence-electron chi connectivity index (χ4n) is 4.64. The van der Waals surface area contributed by atoms with Crippen LogP contribution in [0.4, 0.5) is 9.93 Å². The largest absolute Gasteiger partial charge is 0.485 e. The van der Waals surface area contributed by atoms with Gasteiger partial charge in [-0.15, -0.1) is 0 Å². The number of nitrogens with zero attached hydrogens (tertiary/aromatic N) is 3. The molecule has 1 aromatic heterocycles. The summed E-state index contributed by atoms with van der Waals surface area (Å²) in [6.07, 6.45) is 3.27. The SMILES string of the molecule is Cc1nc(NC2CC2)sc1C(=O)N1Cc2ccccc2OC2(CCN(C(=O)OC(C)(C)C)CC2)C1. The molecule has 0 radical (unpaired) electrons. The van der Waals surface area contributed by atoms with Gasteiger partial charge in [-0.3, -0.25) is 4.79 Å². The molecular weight excluding hydrogens is 464 g/mol. The fourth-order valence-corrected chi connectivity index (χ4v) is 5.65. The van der Waals surface area contributed by atoms with Gasteiger partial charge in [-0.1, -0.05) is 29.5 Å². The maximum atomic E-state index is 13.8. The lowest BCUT2D eigenvalue weighted by Gasteiger charge is -2.42. The summed E-state index contributed by atoms with van der Waals surface area (Å²) in [5.41, 5.74) is 0.655. The van der Waals surface area contributed by atoms with Crippen molar-refractivity contribution in [3.8, 4) is 5.75 Å². The second-order valence-electron chi connectivity index (χ2n) is 10.9. The lowest BCUT2D eigenvalue weighted by atomic mass is 9.90. The van der Waals surface area contributed by atoms with Gasteiger partial charge in [0.2, 0.25) is 0 Å². The van der Waals surface area contributed by atoms with Gasteiger partial charge in [0, 0.05) is 44.1 Å². The van der Waals surface area contributed by atoms with Gasteiger partial charge in [-0.25, -0.2) is 9.78 Å². The molecular formula is C26H34N4O4S. The van der Waals surface area contributed by atoms with Gasteiger partial charge in [-0.2, -0.15) is 0 Å². The molecule has 2 aliphatic heterocycles. The standard InChI is InChI=1S/C26H34N4O4S/c1-17-21(35-23(27-17)28-19-9-10-19)22(31)30-15-18-7-5-6-8-20(18)33-26(16-30)11-13-29(14-12-26)24(32)34-25(2,3)4/h5-8,19H,9-16H2,1-4H3,(H,27,28). The number of likely N-dealkylation sites (tertiary alicyclic amines) is 1. The van der Waals surface area contributed by atoms with E-state index in [2.05, 4.69) is 10.3 Å². The zero-order chi connectivity index (χ0) is 24.8. The molecule has 5 rings (SSSR count). The second-order valence-corrected chi connectivity index (χ2v) is 11.9. The van der Waals surface area contributed by atoms with Crippen LogP contribution in [0.15, 0.2) is 24.3 Å². The number of nitrogens with one attached hydrogen (secondary N) is 1. The first-order chi connectivity index (χ1) is 16.6. The quantitative estimate of drug-likeness (QED) is 0.653. The van der Waals surface area contributed by atoms with Crippen LogP contribution in [0.5, 0.6) is 5.75 Å². The summed E-state index contributed by atoms with van der Waals surface area (Å²) < 4.78 is 12.2. The Hall–Kier alpha value is -2.81. The number of carbonyl (C=O) groups is 2. The third-order valence-electron chi connectivity index (χ3n) is 6.65. The third-order valence-corrected chi connectivity index (χ3v) is 7.73. The molecule has 8 nitrogen and oxygen atoms in total. The number of ether oxygens (including phenoxy) is 2. The van der Waals surface area contributed by atoms with E-state index in [4.69, 9.17) is 9.47 Å². The first kappa shape index (κ1) is 23.9. The van der Waals surface area contributed by atoms with E-state index in [1.807, 2.05) is 56.9 Å². The molecule has 35 heavy (non-hydrogen) atoms. The number of para-hydroxylation sites is 1. The second kappa shape index (κ2) is 9.00. The van der Waals surface area contributed by atoms with Crippen molar-refractivity contribution in [2.24, 2.45) is 0 Å². The number of hydrogen-bond donors (Lipinski definition) is 1. The number of anilines is 1. The van der Waals surface area contributed by atoms with Crippen LogP contribution in [-0.2, 0) is 11.3 Å². The molecule has 2 amide bonds. The smallest absolute Gasteiger partial charge is 0.410 e. The van der Waals surface area contributed by atoms with Crippen molar-refractivity contribution in [2.45, 2.75) is 77.2 Å². The van der Waals surface area contributed by atoms with Gasteiger partial charge >= 0.3 is 6.09 Å². The number of rotatable bonds is 3. The Balaban J connectivity index is 1.37. The molecule has 1 spiro atoms. The minimum absolute atomic E-state index is 0.0157. The van der Waals surface area contributed by atoms with Crippen molar-refractivity contribution in [1.82, 2.24) is 14.8 Å². The van der Waals surface area contributed by atoms with E-state index in [9.17, 15) is 9.59 Å². The Bertz CT molecular complexity index is 1110. The Morgan fingerprint density at radius 3 is 2.57 bits per heavy atom. The van der Waals surface area contributed by atoms with Crippen molar-refractivity contribution in [3.05, 3.63) is 40.4 Å². The van der Waals surface area contributed by atoms with Gasteiger partial charge < -0.3 is 24.6 Å². The fraction of sp³-hybridized carbons (Fsp3) is 0.577. The highest BCUT2D eigenvalue weighted by molar-refractivity contribution is 7.17. The predicted molar refractivity (Wildman–Crippen MR) is 135 cm³/mol. The van der Waals surface area contributed by atoms with Gasteiger partial charge in [-0.05, 0) is 46.6 Å². The van der Waals surface area contributed by atoms with Crippen molar-refractivity contribution < 1.29 is 19.1 Å². The highest BCUT2D eigenvalue weighted by Gasteiger charge is 2.44. The average molecular weight is 499 g/mol. The first-order valence-corrected chi connectivity index (χ1v) is 13.2. The van der Waals surface area contributed by atoms with E-state index in [1.165, 1.54) is 11.3 Å². The van der Waals surface area contributed by atoms with Gasteiger partial charge in [0.25, 0.3) is 5.91 Å². The molecule has 0 bridgehead atoms. The van der Waals surface area contributed by atoms with Crippen LogP contribution in [0.2, 0.25) is 0 Å². The van der Waals surface area contributed by atoms with Crippen molar-refractivity contribution in [1.29, 1.82) is 0 Å². The van der Waals surface area contributed by atoms with Crippen molar-refractivity contribution in [3.63, 3.8) is 0 Å². The van der Waals surface area contributed by atoms with E-state index in [0.29, 0.717) is 49.9 Å². The van der Waals surface area contributed by atoms with E-state index in [1.54, 1.807) is 4.90 Å². The number of thiazole rings is 1. The van der Waals surface area contributed by atoms with Crippen LogP contribution < -0.4 is 10.1 Å².